The van der Waals surface area contributed by atoms with E-state index in [1.54, 1.807) is 31.3 Å². The Bertz CT molecular complexity index is 1100. The highest BCUT2D eigenvalue weighted by Gasteiger charge is 2.31. The van der Waals surface area contributed by atoms with Crippen molar-refractivity contribution in [3.63, 3.8) is 0 Å². The fourth-order valence-corrected chi connectivity index (χ4v) is 2.70. The third-order valence-electron chi connectivity index (χ3n) is 3.85. The largest absolute Gasteiger partial charge is 0.384 e. The van der Waals surface area contributed by atoms with Crippen LogP contribution in [0.3, 0.4) is 0 Å². The molecule has 10 nitrogen and oxygen atoms in total. The zero-order chi connectivity index (χ0) is 17.7. The highest BCUT2D eigenvalue weighted by molar-refractivity contribution is 6.23. The predicted octanol–water partition coefficient (Wildman–Crippen LogP) is -0.506. The van der Waals surface area contributed by atoms with Crippen LogP contribution in [-0.4, -0.2) is 36.6 Å². The summed E-state index contributed by atoms with van der Waals surface area (Å²) in [4.78, 5) is 37.3. The average Bonchev–Trinajstić information content (AvgIpc) is 3.12. The van der Waals surface area contributed by atoms with E-state index in [0.717, 1.165) is 6.07 Å². The number of nitrogen functional groups attached to an aromatic ring is 1. The van der Waals surface area contributed by atoms with Gasteiger partial charge in [-0.25, -0.2) is 0 Å². The molecule has 0 unspecified atom stereocenters. The Balaban J connectivity index is 1.83. The van der Waals surface area contributed by atoms with Crippen molar-refractivity contribution >= 4 is 17.6 Å². The normalized spacial score (nSPS) is 13.0. The van der Waals surface area contributed by atoms with Crippen LogP contribution in [-0.2, 0) is 7.05 Å². The fourth-order valence-electron chi connectivity index (χ4n) is 2.70. The summed E-state index contributed by atoms with van der Waals surface area (Å²) in [5.74, 6) is -0.892. The van der Waals surface area contributed by atoms with Crippen LogP contribution < -0.4 is 16.6 Å². The number of hydrogen-bond acceptors (Lipinski definition) is 7. The smallest absolute Gasteiger partial charge is 0.262 e. The van der Waals surface area contributed by atoms with Gasteiger partial charge in [0.2, 0.25) is 5.82 Å². The second kappa shape index (κ2) is 5.09. The lowest BCUT2D eigenvalue weighted by atomic mass is 10.1. The zero-order valence-corrected chi connectivity index (χ0v) is 12.9. The number of carbonyl (C=O) groups is 2. The standard InChI is InChI=1S/C15H11N7O3/c1-21-19-13(18-20-21)7-2-4-8(5-3-7)22-10(23)6-9-11(12(22)16)15(25)17-14(9)24/h2-6H,16H2,1H3,(H,17,24,25). The number of anilines is 1. The van der Waals surface area contributed by atoms with Crippen molar-refractivity contribution in [3.8, 4) is 17.1 Å². The number of rotatable bonds is 2. The molecule has 4 rings (SSSR count). The summed E-state index contributed by atoms with van der Waals surface area (Å²) in [7, 11) is 1.65. The first-order valence-electron chi connectivity index (χ1n) is 7.22. The van der Waals surface area contributed by atoms with Crippen LogP contribution >= 0.6 is 0 Å². The van der Waals surface area contributed by atoms with Crippen LogP contribution in [0.25, 0.3) is 17.1 Å². The molecule has 0 saturated heterocycles. The number of carbonyl (C=O) groups excluding carboxylic acids is 2. The van der Waals surface area contributed by atoms with E-state index in [-0.39, 0.29) is 16.9 Å². The Labute approximate surface area is 139 Å². The molecule has 0 atom stereocenters. The highest BCUT2D eigenvalue weighted by atomic mass is 16.2. The molecule has 0 radical (unpaired) electrons. The number of aryl methyl sites for hydroxylation is 1. The van der Waals surface area contributed by atoms with Gasteiger partial charge in [0.25, 0.3) is 17.4 Å². The number of tetrazole rings is 1. The summed E-state index contributed by atoms with van der Waals surface area (Å²) in [5, 5.41) is 13.9. The van der Waals surface area contributed by atoms with Gasteiger partial charge in [-0.1, -0.05) is 0 Å². The van der Waals surface area contributed by atoms with Crippen molar-refractivity contribution in [2.75, 3.05) is 5.73 Å². The first-order chi connectivity index (χ1) is 12.0. The van der Waals surface area contributed by atoms with E-state index in [4.69, 9.17) is 5.73 Å². The van der Waals surface area contributed by atoms with Crippen molar-refractivity contribution < 1.29 is 9.59 Å². The van der Waals surface area contributed by atoms with E-state index >= 15 is 0 Å². The third-order valence-corrected chi connectivity index (χ3v) is 3.85. The lowest BCUT2D eigenvalue weighted by molar-refractivity contribution is 0.0880. The summed E-state index contributed by atoms with van der Waals surface area (Å²) in [5.41, 5.74) is 6.63. The molecule has 0 spiro atoms. The van der Waals surface area contributed by atoms with E-state index in [2.05, 4.69) is 20.7 Å². The van der Waals surface area contributed by atoms with Gasteiger partial charge in [0.15, 0.2) is 0 Å². The first kappa shape index (κ1) is 14.8. The SMILES string of the molecule is Cn1nnc(-c2ccc(-n3c(N)c4c(cc3=O)C(=O)NC4=O)cc2)n1. The number of hydrogen-bond donors (Lipinski definition) is 2. The van der Waals surface area contributed by atoms with Crippen LogP contribution in [0, 0.1) is 0 Å². The number of nitrogens with zero attached hydrogens (tertiary/aromatic N) is 5. The van der Waals surface area contributed by atoms with Gasteiger partial charge in [0, 0.05) is 11.6 Å². The summed E-state index contributed by atoms with van der Waals surface area (Å²) in [6.45, 7) is 0. The van der Waals surface area contributed by atoms with Crippen molar-refractivity contribution in [2.45, 2.75) is 0 Å². The van der Waals surface area contributed by atoms with Gasteiger partial charge in [-0.3, -0.25) is 24.3 Å². The molecule has 1 aliphatic heterocycles. The first-order valence-corrected chi connectivity index (χ1v) is 7.22. The molecule has 0 fully saturated rings. The minimum absolute atomic E-state index is 0.00395. The van der Waals surface area contributed by atoms with Crippen LogP contribution in [0.5, 0.6) is 0 Å². The number of benzene rings is 1. The summed E-state index contributed by atoms with van der Waals surface area (Å²) in [6, 6.07) is 7.80. The van der Waals surface area contributed by atoms with Crippen molar-refractivity contribution in [1.82, 2.24) is 30.1 Å². The molecular formula is C15H11N7O3. The van der Waals surface area contributed by atoms with E-state index in [0.29, 0.717) is 17.1 Å². The molecule has 10 heteroatoms. The Morgan fingerprint density at radius 3 is 2.44 bits per heavy atom. The summed E-state index contributed by atoms with van der Waals surface area (Å²) < 4.78 is 1.17. The van der Waals surface area contributed by atoms with E-state index in [1.165, 1.54) is 9.36 Å². The number of aromatic nitrogens is 5. The molecule has 0 saturated carbocycles. The van der Waals surface area contributed by atoms with Gasteiger partial charge in [-0.05, 0) is 29.5 Å². The van der Waals surface area contributed by atoms with Gasteiger partial charge in [0.1, 0.15) is 5.82 Å². The number of nitrogens with one attached hydrogen (secondary N) is 1. The molecule has 0 bridgehead atoms. The predicted molar refractivity (Wildman–Crippen MR) is 86.0 cm³/mol. The third kappa shape index (κ3) is 2.19. The van der Waals surface area contributed by atoms with Gasteiger partial charge < -0.3 is 5.73 Å². The van der Waals surface area contributed by atoms with E-state index < -0.39 is 17.4 Å². The van der Waals surface area contributed by atoms with Gasteiger partial charge in [-0.15, -0.1) is 10.2 Å². The Hall–Kier alpha value is -3.82. The van der Waals surface area contributed by atoms with Crippen LogP contribution in [0.15, 0.2) is 35.1 Å². The number of amides is 2. The number of fused-ring (bicyclic) bond motifs is 1. The fraction of sp³-hybridized carbons (Fsp3) is 0.0667. The maximum Gasteiger partial charge on any atom is 0.262 e. The summed E-state index contributed by atoms with van der Waals surface area (Å²) >= 11 is 0. The van der Waals surface area contributed by atoms with Crippen molar-refractivity contribution in [2.24, 2.45) is 7.05 Å². The van der Waals surface area contributed by atoms with E-state index in [1.807, 2.05) is 0 Å². The summed E-state index contributed by atoms with van der Waals surface area (Å²) in [6.07, 6.45) is 0. The van der Waals surface area contributed by atoms with Gasteiger partial charge in [0.05, 0.1) is 23.9 Å². The molecular weight excluding hydrogens is 326 g/mol. The lowest BCUT2D eigenvalue weighted by Crippen LogP contribution is -2.24. The minimum atomic E-state index is -0.625. The minimum Gasteiger partial charge on any atom is -0.384 e. The van der Waals surface area contributed by atoms with Crippen LogP contribution in [0.2, 0.25) is 0 Å². The molecule has 1 aromatic carbocycles. The number of nitrogens with two attached hydrogens (primary N) is 1. The molecule has 2 amide bonds. The topological polar surface area (TPSA) is 138 Å². The molecule has 25 heavy (non-hydrogen) atoms. The maximum atomic E-state index is 12.4. The molecule has 124 valence electrons. The molecule has 3 N–H and O–H groups in total. The van der Waals surface area contributed by atoms with Gasteiger partial charge in [-0.2, -0.15) is 4.80 Å². The molecule has 1 aliphatic rings. The lowest BCUT2D eigenvalue weighted by Gasteiger charge is -2.12. The van der Waals surface area contributed by atoms with Gasteiger partial charge >= 0.3 is 0 Å². The number of imide groups is 1. The number of pyridine rings is 1. The molecule has 3 heterocycles. The average molecular weight is 337 g/mol. The van der Waals surface area contributed by atoms with Crippen LogP contribution in [0.1, 0.15) is 20.7 Å². The molecule has 0 aliphatic carbocycles. The zero-order valence-electron chi connectivity index (χ0n) is 12.9. The Morgan fingerprint density at radius 1 is 1.08 bits per heavy atom. The molecule has 2 aromatic heterocycles. The van der Waals surface area contributed by atoms with Crippen molar-refractivity contribution in [3.05, 3.63) is 51.8 Å². The monoisotopic (exact) mass is 337 g/mol. The quantitative estimate of drug-likeness (QED) is 0.601. The van der Waals surface area contributed by atoms with Crippen molar-refractivity contribution in [1.29, 1.82) is 0 Å². The molecule has 3 aromatic rings. The Morgan fingerprint density at radius 2 is 1.80 bits per heavy atom. The highest BCUT2D eigenvalue weighted by Crippen LogP contribution is 2.24. The van der Waals surface area contributed by atoms with Crippen LogP contribution in [0.4, 0.5) is 5.82 Å². The Kier molecular flexibility index (Phi) is 3.01. The van der Waals surface area contributed by atoms with E-state index in [9.17, 15) is 14.4 Å². The second-order valence-corrected chi connectivity index (χ2v) is 5.42. The second-order valence-electron chi connectivity index (χ2n) is 5.42. The maximum absolute atomic E-state index is 12.4.